The van der Waals surface area contributed by atoms with Gasteiger partial charge in [0.1, 0.15) is 10.8 Å². The molecule has 7 heteroatoms. The molecule has 0 aliphatic carbocycles. The Labute approximate surface area is 135 Å². The molecular formula is C15H21N3O2S2. The van der Waals surface area contributed by atoms with Crippen LogP contribution in [0.5, 0.6) is 0 Å². The summed E-state index contributed by atoms with van der Waals surface area (Å²) in [4.78, 5) is 6.93. The van der Waals surface area contributed by atoms with Crippen molar-refractivity contribution in [2.75, 3.05) is 12.8 Å². The van der Waals surface area contributed by atoms with Crippen LogP contribution in [0.3, 0.4) is 0 Å². The van der Waals surface area contributed by atoms with Gasteiger partial charge in [0.2, 0.25) is 0 Å². The van der Waals surface area contributed by atoms with Gasteiger partial charge in [-0.05, 0) is 31.5 Å². The number of likely N-dealkylation sites (tertiary alicyclic amines) is 1. The maximum absolute atomic E-state index is 11.4. The zero-order valence-electron chi connectivity index (χ0n) is 12.9. The van der Waals surface area contributed by atoms with Crippen molar-refractivity contribution < 1.29 is 8.42 Å². The molecule has 3 rings (SSSR count). The average molecular weight is 339 g/mol. The van der Waals surface area contributed by atoms with Crippen LogP contribution in [0.2, 0.25) is 0 Å². The molecule has 0 spiro atoms. The lowest BCUT2D eigenvalue weighted by Crippen LogP contribution is -2.24. The second kappa shape index (κ2) is 6.14. The molecule has 1 aliphatic rings. The Morgan fingerprint density at radius 2 is 2.27 bits per heavy atom. The van der Waals surface area contributed by atoms with Crippen molar-refractivity contribution in [2.24, 2.45) is 7.05 Å². The van der Waals surface area contributed by atoms with Crippen LogP contribution in [0.15, 0.2) is 23.7 Å². The summed E-state index contributed by atoms with van der Waals surface area (Å²) in [5.74, 6) is 0.0406. The van der Waals surface area contributed by atoms with E-state index in [0.29, 0.717) is 11.0 Å². The molecule has 22 heavy (non-hydrogen) atoms. The van der Waals surface area contributed by atoms with Gasteiger partial charge in [-0.15, -0.1) is 11.3 Å². The minimum Gasteiger partial charge on any atom is -0.353 e. The van der Waals surface area contributed by atoms with E-state index in [0.717, 1.165) is 25.2 Å². The summed E-state index contributed by atoms with van der Waals surface area (Å²) in [6.07, 6.45) is 5.69. The van der Waals surface area contributed by atoms with Crippen molar-refractivity contribution in [2.45, 2.75) is 31.2 Å². The molecule has 1 fully saturated rings. The molecule has 2 aromatic heterocycles. The average Bonchev–Trinajstić information content (AvgIpc) is 3.10. The standard InChI is InChI=1S/C15H21N3O2S2/c1-17-7-3-5-13(17)14-6-4-8-18(14)9-12-10-21-15(16-12)11-22(2,19)20/h3,5,7,10,14H,4,6,8-9,11H2,1-2H3/t14-/m1/s1. The number of thiazole rings is 1. The van der Waals surface area contributed by atoms with Gasteiger partial charge in [0.05, 0.1) is 11.7 Å². The third-order valence-corrected chi connectivity index (χ3v) is 5.92. The highest BCUT2D eigenvalue weighted by molar-refractivity contribution is 7.90. The molecule has 3 heterocycles. The second-order valence-electron chi connectivity index (χ2n) is 5.98. The van der Waals surface area contributed by atoms with Crippen molar-refractivity contribution in [3.63, 3.8) is 0 Å². The fraction of sp³-hybridized carbons (Fsp3) is 0.533. The van der Waals surface area contributed by atoms with Crippen LogP contribution in [0.1, 0.15) is 35.3 Å². The number of sulfone groups is 1. The topological polar surface area (TPSA) is 55.2 Å². The van der Waals surface area contributed by atoms with Gasteiger partial charge in [-0.2, -0.15) is 0 Å². The van der Waals surface area contributed by atoms with Crippen molar-refractivity contribution in [3.8, 4) is 0 Å². The predicted molar refractivity (Wildman–Crippen MR) is 88.5 cm³/mol. The quantitative estimate of drug-likeness (QED) is 0.839. The fourth-order valence-corrected chi connectivity index (χ4v) is 5.09. The second-order valence-corrected chi connectivity index (χ2v) is 9.06. The summed E-state index contributed by atoms with van der Waals surface area (Å²) < 4.78 is 24.9. The first-order chi connectivity index (χ1) is 10.4. The first kappa shape index (κ1) is 15.7. The SMILES string of the molecule is Cn1cccc1[C@H]1CCCN1Cc1csc(CS(C)(=O)=O)n1. The molecule has 5 nitrogen and oxygen atoms in total. The van der Waals surface area contributed by atoms with Gasteiger partial charge in [-0.25, -0.2) is 13.4 Å². The molecule has 1 aliphatic heterocycles. The number of hydrogen-bond acceptors (Lipinski definition) is 5. The molecule has 0 aromatic carbocycles. The predicted octanol–water partition coefficient (Wildman–Crippen LogP) is 2.36. The van der Waals surface area contributed by atoms with Crippen molar-refractivity contribution in [3.05, 3.63) is 40.1 Å². The van der Waals surface area contributed by atoms with Gasteiger partial charge in [-0.1, -0.05) is 0 Å². The maximum Gasteiger partial charge on any atom is 0.153 e. The van der Waals surface area contributed by atoms with Gasteiger partial charge in [0, 0.05) is 37.1 Å². The molecule has 1 saturated heterocycles. The van der Waals surface area contributed by atoms with E-state index in [9.17, 15) is 8.42 Å². The van der Waals surface area contributed by atoms with Gasteiger partial charge in [-0.3, -0.25) is 4.90 Å². The number of aryl methyl sites for hydroxylation is 1. The normalized spacial score (nSPS) is 19.8. The van der Waals surface area contributed by atoms with E-state index in [1.807, 2.05) is 5.38 Å². The highest BCUT2D eigenvalue weighted by Crippen LogP contribution is 2.33. The smallest absolute Gasteiger partial charge is 0.153 e. The zero-order chi connectivity index (χ0) is 15.7. The van der Waals surface area contributed by atoms with E-state index in [2.05, 4.69) is 39.8 Å². The van der Waals surface area contributed by atoms with E-state index in [1.165, 1.54) is 29.7 Å². The summed E-state index contributed by atoms with van der Waals surface area (Å²) in [6.45, 7) is 1.85. The first-order valence-electron chi connectivity index (χ1n) is 7.39. The Morgan fingerprint density at radius 3 is 2.95 bits per heavy atom. The summed E-state index contributed by atoms with van der Waals surface area (Å²) in [5, 5.41) is 2.67. The molecule has 2 aromatic rings. The van der Waals surface area contributed by atoms with Crippen LogP contribution in [0.25, 0.3) is 0 Å². The molecule has 0 amide bonds. The third-order valence-electron chi connectivity index (χ3n) is 4.04. The number of nitrogens with zero attached hydrogens (tertiary/aromatic N) is 3. The molecule has 0 radical (unpaired) electrons. The number of hydrogen-bond donors (Lipinski definition) is 0. The Morgan fingerprint density at radius 1 is 1.45 bits per heavy atom. The molecule has 120 valence electrons. The van der Waals surface area contributed by atoms with E-state index < -0.39 is 9.84 Å². The third kappa shape index (κ3) is 3.59. The minimum absolute atomic E-state index is 0.0406. The summed E-state index contributed by atoms with van der Waals surface area (Å²) >= 11 is 1.44. The van der Waals surface area contributed by atoms with Crippen LogP contribution in [0.4, 0.5) is 0 Å². The van der Waals surface area contributed by atoms with E-state index in [1.54, 1.807) is 0 Å². The van der Waals surface area contributed by atoms with E-state index >= 15 is 0 Å². The largest absolute Gasteiger partial charge is 0.353 e. The molecule has 0 unspecified atom stereocenters. The molecule has 0 bridgehead atoms. The highest BCUT2D eigenvalue weighted by Gasteiger charge is 2.28. The van der Waals surface area contributed by atoms with Crippen molar-refractivity contribution >= 4 is 21.2 Å². The minimum atomic E-state index is -3.01. The lowest BCUT2D eigenvalue weighted by atomic mass is 10.1. The van der Waals surface area contributed by atoms with Gasteiger partial charge >= 0.3 is 0 Å². The lowest BCUT2D eigenvalue weighted by Gasteiger charge is -2.24. The van der Waals surface area contributed by atoms with Crippen molar-refractivity contribution in [1.29, 1.82) is 0 Å². The summed E-state index contributed by atoms with van der Waals surface area (Å²) in [6, 6.07) is 4.69. The summed E-state index contributed by atoms with van der Waals surface area (Å²) in [5.41, 5.74) is 2.31. The van der Waals surface area contributed by atoms with Crippen LogP contribution < -0.4 is 0 Å². The molecule has 0 N–H and O–H groups in total. The highest BCUT2D eigenvalue weighted by atomic mass is 32.2. The lowest BCUT2D eigenvalue weighted by molar-refractivity contribution is 0.238. The maximum atomic E-state index is 11.4. The van der Waals surface area contributed by atoms with Crippen LogP contribution in [-0.2, 0) is 29.2 Å². The molecule has 1 atom stereocenters. The summed E-state index contributed by atoms with van der Waals surface area (Å²) in [7, 11) is -0.930. The van der Waals surface area contributed by atoms with Gasteiger partial charge in [0.25, 0.3) is 0 Å². The van der Waals surface area contributed by atoms with E-state index in [-0.39, 0.29) is 5.75 Å². The van der Waals surface area contributed by atoms with Crippen LogP contribution >= 0.6 is 11.3 Å². The first-order valence-corrected chi connectivity index (χ1v) is 10.3. The van der Waals surface area contributed by atoms with Crippen LogP contribution in [-0.4, -0.2) is 35.7 Å². The number of aromatic nitrogens is 2. The Kier molecular flexibility index (Phi) is 4.38. The Bertz CT molecular complexity index is 748. The Hall–Kier alpha value is -1.18. The monoisotopic (exact) mass is 339 g/mol. The van der Waals surface area contributed by atoms with Crippen LogP contribution in [0, 0.1) is 0 Å². The number of rotatable bonds is 5. The van der Waals surface area contributed by atoms with E-state index in [4.69, 9.17) is 0 Å². The van der Waals surface area contributed by atoms with Gasteiger partial charge < -0.3 is 4.57 Å². The Balaban J connectivity index is 1.71. The molecule has 0 saturated carbocycles. The van der Waals surface area contributed by atoms with Crippen molar-refractivity contribution in [1.82, 2.24) is 14.5 Å². The fourth-order valence-electron chi connectivity index (χ4n) is 3.09. The molecular weight excluding hydrogens is 318 g/mol. The van der Waals surface area contributed by atoms with Gasteiger partial charge in [0.15, 0.2) is 9.84 Å². The zero-order valence-corrected chi connectivity index (χ0v) is 14.5.